The molecule has 0 bridgehead atoms. The maximum absolute atomic E-state index is 14.6. The highest BCUT2D eigenvalue weighted by Crippen LogP contribution is 2.37. The summed E-state index contributed by atoms with van der Waals surface area (Å²) in [6, 6.07) is 8.71. The highest BCUT2D eigenvalue weighted by molar-refractivity contribution is 7.15. The first-order valence-corrected chi connectivity index (χ1v) is 12.1. The molecule has 184 valence electrons. The van der Waals surface area contributed by atoms with E-state index in [4.69, 9.17) is 14.6 Å². The van der Waals surface area contributed by atoms with Gasteiger partial charge in [0.1, 0.15) is 29.5 Å². The third kappa shape index (κ3) is 5.37. The van der Waals surface area contributed by atoms with Crippen molar-refractivity contribution in [3.8, 4) is 22.1 Å². The molecule has 0 aliphatic rings. The number of thiophene rings is 1. The summed E-state index contributed by atoms with van der Waals surface area (Å²) in [7, 11) is 1.58. The van der Waals surface area contributed by atoms with Crippen LogP contribution in [0.25, 0.3) is 21.5 Å². The number of benzene rings is 1. The number of carboxylic acids is 1. The molecule has 4 aromatic rings. The molecule has 3 aromatic heterocycles. The number of carboxylic acid groups (broad SMARTS) is 1. The van der Waals surface area contributed by atoms with Crippen LogP contribution in [0.1, 0.15) is 23.9 Å². The van der Waals surface area contributed by atoms with E-state index in [1.54, 1.807) is 13.2 Å². The number of rotatable bonds is 11. The average Bonchev–Trinajstić information content (AvgIpc) is 3.40. The number of ether oxygens (including phenoxy) is 2. The van der Waals surface area contributed by atoms with E-state index in [9.17, 15) is 9.18 Å². The number of anilines is 1. The van der Waals surface area contributed by atoms with Gasteiger partial charge in [0, 0.05) is 41.2 Å². The quantitative estimate of drug-likeness (QED) is 0.295. The Hall–Kier alpha value is -3.66. The number of hydrogen-bond acceptors (Lipinski definition) is 7. The van der Waals surface area contributed by atoms with Gasteiger partial charge in [0.25, 0.3) is 0 Å². The lowest BCUT2D eigenvalue weighted by atomic mass is 10.2. The standard InChI is InChI=1S/C25H27FN4O4S/c1-4-34-20-13-22(35-21(20)7-8-24(31)32)18-12-23(29-14-28-18)27-9-10-30-15(2)11-16-19(33-3)6-5-17(26)25(16)30/h5-6,11-14H,4,7-10H2,1-3H3,(H,31,32)(H,27,28,29). The van der Waals surface area contributed by atoms with Crippen molar-refractivity contribution in [1.82, 2.24) is 14.5 Å². The molecule has 0 fully saturated rings. The summed E-state index contributed by atoms with van der Waals surface area (Å²) < 4.78 is 27.6. The largest absolute Gasteiger partial charge is 0.496 e. The van der Waals surface area contributed by atoms with Gasteiger partial charge in [-0.15, -0.1) is 11.3 Å². The summed E-state index contributed by atoms with van der Waals surface area (Å²) >= 11 is 1.47. The van der Waals surface area contributed by atoms with Gasteiger partial charge in [-0.05, 0) is 38.5 Å². The van der Waals surface area contributed by atoms with Crippen LogP contribution in [0.2, 0.25) is 0 Å². The van der Waals surface area contributed by atoms with Crippen LogP contribution in [0, 0.1) is 12.7 Å². The van der Waals surface area contributed by atoms with Crippen molar-refractivity contribution in [2.75, 3.05) is 25.6 Å². The minimum atomic E-state index is -0.847. The predicted octanol–water partition coefficient (Wildman–Crippen LogP) is 5.14. The average molecular weight is 499 g/mol. The lowest BCUT2D eigenvalue weighted by Gasteiger charge is -2.11. The molecule has 3 heterocycles. The van der Waals surface area contributed by atoms with Crippen LogP contribution in [-0.2, 0) is 17.8 Å². The van der Waals surface area contributed by atoms with Crippen LogP contribution in [0.15, 0.2) is 36.7 Å². The normalized spacial score (nSPS) is 11.1. The number of methoxy groups -OCH3 is 1. The molecule has 0 saturated carbocycles. The molecular formula is C25H27FN4O4S. The summed E-state index contributed by atoms with van der Waals surface area (Å²) in [6.07, 6.45) is 1.92. The first-order chi connectivity index (χ1) is 16.9. The van der Waals surface area contributed by atoms with Crippen LogP contribution < -0.4 is 14.8 Å². The third-order valence-electron chi connectivity index (χ3n) is 5.59. The van der Waals surface area contributed by atoms with Crippen molar-refractivity contribution < 1.29 is 23.8 Å². The Balaban J connectivity index is 1.50. The van der Waals surface area contributed by atoms with Gasteiger partial charge in [-0.25, -0.2) is 14.4 Å². The van der Waals surface area contributed by atoms with Crippen molar-refractivity contribution in [2.24, 2.45) is 0 Å². The fourth-order valence-electron chi connectivity index (χ4n) is 4.00. The molecule has 0 aliphatic heterocycles. The number of nitrogens with one attached hydrogen (secondary N) is 1. The molecule has 0 amide bonds. The molecule has 35 heavy (non-hydrogen) atoms. The maximum Gasteiger partial charge on any atom is 0.303 e. The lowest BCUT2D eigenvalue weighted by Crippen LogP contribution is -2.12. The second-order valence-electron chi connectivity index (χ2n) is 7.89. The van der Waals surface area contributed by atoms with E-state index in [1.165, 1.54) is 23.7 Å². The second-order valence-corrected chi connectivity index (χ2v) is 9.03. The number of aromatic nitrogens is 3. The van der Waals surface area contributed by atoms with Crippen LogP contribution in [0.3, 0.4) is 0 Å². The van der Waals surface area contributed by atoms with E-state index in [2.05, 4.69) is 15.3 Å². The summed E-state index contributed by atoms with van der Waals surface area (Å²) in [5.74, 6) is 0.830. The summed E-state index contributed by atoms with van der Waals surface area (Å²) in [4.78, 5) is 21.4. The minimum absolute atomic E-state index is 0.0383. The van der Waals surface area contributed by atoms with Gasteiger partial charge >= 0.3 is 5.97 Å². The fourth-order valence-corrected chi connectivity index (χ4v) is 5.07. The lowest BCUT2D eigenvalue weighted by molar-refractivity contribution is -0.136. The van der Waals surface area contributed by atoms with Gasteiger partial charge in [0.05, 0.1) is 36.2 Å². The number of aliphatic carboxylic acids is 1. The minimum Gasteiger partial charge on any atom is -0.496 e. The van der Waals surface area contributed by atoms with Gasteiger partial charge in [0.15, 0.2) is 0 Å². The molecule has 4 rings (SSSR count). The number of nitrogens with zero attached hydrogens (tertiary/aromatic N) is 3. The summed E-state index contributed by atoms with van der Waals surface area (Å²) in [6.45, 7) is 5.38. The topological polar surface area (TPSA) is 98.5 Å². The third-order valence-corrected chi connectivity index (χ3v) is 6.79. The second kappa shape index (κ2) is 10.7. The van der Waals surface area contributed by atoms with E-state index in [1.807, 2.05) is 36.6 Å². The summed E-state index contributed by atoms with van der Waals surface area (Å²) in [5, 5.41) is 13.1. The van der Waals surface area contributed by atoms with Gasteiger partial charge in [0.2, 0.25) is 0 Å². The van der Waals surface area contributed by atoms with Gasteiger partial charge in [-0.1, -0.05) is 0 Å². The molecule has 8 nitrogen and oxygen atoms in total. The van der Waals surface area contributed by atoms with E-state index in [-0.39, 0.29) is 12.2 Å². The number of hydrogen-bond donors (Lipinski definition) is 2. The molecule has 0 aliphatic carbocycles. The zero-order valence-electron chi connectivity index (χ0n) is 19.8. The molecule has 2 N–H and O–H groups in total. The Morgan fingerprint density at radius 2 is 2.06 bits per heavy atom. The molecule has 1 aromatic carbocycles. The predicted molar refractivity (Wildman–Crippen MR) is 134 cm³/mol. The first kappa shape index (κ1) is 24.5. The Labute approximate surface area is 206 Å². The molecule has 0 radical (unpaired) electrons. The van der Waals surface area contributed by atoms with Crippen molar-refractivity contribution in [3.63, 3.8) is 0 Å². The zero-order chi connectivity index (χ0) is 24.9. The molecular weight excluding hydrogens is 471 g/mol. The Morgan fingerprint density at radius 3 is 2.80 bits per heavy atom. The van der Waals surface area contributed by atoms with E-state index in [0.29, 0.717) is 54.6 Å². The van der Waals surface area contributed by atoms with Crippen LogP contribution >= 0.6 is 11.3 Å². The van der Waals surface area contributed by atoms with Crippen LogP contribution in [-0.4, -0.2) is 45.9 Å². The molecule has 0 spiro atoms. The Bertz CT molecular complexity index is 1350. The zero-order valence-corrected chi connectivity index (χ0v) is 20.6. The number of aryl methyl sites for hydroxylation is 2. The van der Waals surface area contributed by atoms with Crippen molar-refractivity contribution in [1.29, 1.82) is 0 Å². The van der Waals surface area contributed by atoms with Crippen molar-refractivity contribution in [3.05, 3.63) is 53.0 Å². The molecule has 0 unspecified atom stereocenters. The first-order valence-electron chi connectivity index (χ1n) is 11.3. The molecule has 0 atom stereocenters. The highest BCUT2D eigenvalue weighted by Gasteiger charge is 2.16. The monoisotopic (exact) mass is 498 g/mol. The Kier molecular flexibility index (Phi) is 7.50. The van der Waals surface area contributed by atoms with Crippen LogP contribution in [0.4, 0.5) is 10.2 Å². The van der Waals surface area contributed by atoms with E-state index in [0.717, 1.165) is 20.8 Å². The van der Waals surface area contributed by atoms with Gasteiger partial charge < -0.3 is 24.5 Å². The summed E-state index contributed by atoms with van der Waals surface area (Å²) in [5.41, 5.74) is 2.17. The highest BCUT2D eigenvalue weighted by atomic mass is 32.1. The SMILES string of the molecule is CCOc1cc(-c2cc(NCCn3c(C)cc4c(OC)ccc(F)c43)ncn2)sc1CCC(=O)O. The van der Waals surface area contributed by atoms with Gasteiger partial charge in [-0.2, -0.15) is 0 Å². The Morgan fingerprint density at radius 1 is 1.23 bits per heavy atom. The van der Waals surface area contributed by atoms with Crippen molar-refractivity contribution >= 4 is 34.0 Å². The maximum atomic E-state index is 14.6. The van der Waals surface area contributed by atoms with E-state index >= 15 is 0 Å². The van der Waals surface area contributed by atoms with Gasteiger partial charge in [-0.3, -0.25) is 4.79 Å². The number of carbonyl (C=O) groups is 1. The fraction of sp³-hybridized carbons (Fsp3) is 0.320. The molecule has 0 saturated heterocycles. The van der Waals surface area contributed by atoms with Crippen molar-refractivity contribution in [2.45, 2.75) is 33.2 Å². The molecule has 10 heteroatoms. The van der Waals surface area contributed by atoms with E-state index < -0.39 is 5.97 Å². The van der Waals surface area contributed by atoms with Crippen LogP contribution in [0.5, 0.6) is 11.5 Å². The number of fused-ring (bicyclic) bond motifs is 1. The number of halogens is 1. The smallest absolute Gasteiger partial charge is 0.303 e.